The lowest BCUT2D eigenvalue weighted by atomic mass is 9.98. The summed E-state index contributed by atoms with van der Waals surface area (Å²) in [6.45, 7) is 3.73. The third-order valence-electron chi connectivity index (χ3n) is 2.39. The van der Waals surface area contributed by atoms with E-state index in [0.717, 1.165) is 23.0 Å². The van der Waals surface area contributed by atoms with Crippen LogP contribution in [0.4, 0.5) is 0 Å². The zero-order valence-corrected chi connectivity index (χ0v) is 9.16. The van der Waals surface area contributed by atoms with Crippen LogP contribution >= 0.6 is 0 Å². The number of carbonyl (C=O) groups is 2. The summed E-state index contributed by atoms with van der Waals surface area (Å²) < 4.78 is 4.60. The molecule has 80 valence electrons. The number of rotatable bonds is 3. The van der Waals surface area contributed by atoms with Crippen molar-refractivity contribution < 1.29 is 14.3 Å². The summed E-state index contributed by atoms with van der Waals surface area (Å²) in [5, 5.41) is 0. The first-order chi connectivity index (χ1) is 7.08. The second-order valence-electron chi connectivity index (χ2n) is 3.51. The van der Waals surface area contributed by atoms with Crippen molar-refractivity contribution in [1.82, 2.24) is 0 Å². The lowest BCUT2D eigenvalue weighted by Gasteiger charge is -2.08. The smallest absolute Gasteiger partial charge is 0.309 e. The molecule has 3 nitrogen and oxygen atoms in total. The number of esters is 1. The second kappa shape index (κ2) is 4.73. The molecular weight excluding hydrogens is 192 g/mol. The zero-order valence-electron chi connectivity index (χ0n) is 9.16. The summed E-state index contributed by atoms with van der Waals surface area (Å²) in [6, 6.07) is 3.71. The Morgan fingerprint density at radius 3 is 2.60 bits per heavy atom. The molecule has 0 spiro atoms. The molecule has 0 fully saturated rings. The van der Waals surface area contributed by atoms with Crippen LogP contribution in [0.5, 0.6) is 0 Å². The van der Waals surface area contributed by atoms with Crippen LogP contribution in [0.3, 0.4) is 0 Å². The minimum atomic E-state index is -0.291. The van der Waals surface area contributed by atoms with Crippen molar-refractivity contribution in [3.05, 3.63) is 34.4 Å². The van der Waals surface area contributed by atoms with E-state index in [1.807, 2.05) is 26.0 Å². The van der Waals surface area contributed by atoms with Gasteiger partial charge in [-0.05, 0) is 31.0 Å². The lowest BCUT2D eigenvalue weighted by Crippen LogP contribution is -2.07. The molecule has 0 aliphatic rings. The molecular formula is C12H14O3. The molecule has 0 saturated heterocycles. The average Bonchev–Trinajstić information content (AvgIpc) is 2.22. The molecule has 0 N–H and O–H groups in total. The van der Waals surface area contributed by atoms with Gasteiger partial charge < -0.3 is 4.74 Å². The summed E-state index contributed by atoms with van der Waals surface area (Å²) in [4.78, 5) is 21.9. The van der Waals surface area contributed by atoms with Crippen molar-refractivity contribution in [3.8, 4) is 0 Å². The monoisotopic (exact) mass is 206 g/mol. The predicted molar refractivity (Wildman–Crippen MR) is 57.0 cm³/mol. The fraction of sp³-hybridized carbons (Fsp3) is 0.333. The van der Waals surface area contributed by atoms with Gasteiger partial charge in [-0.25, -0.2) is 0 Å². The molecule has 15 heavy (non-hydrogen) atoms. The van der Waals surface area contributed by atoms with Gasteiger partial charge in [-0.1, -0.05) is 11.6 Å². The summed E-state index contributed by atoms with van der Waals surface area (Å²) in [5.41, 5.74) is 3.31. The van der Waals surface area contributed by atoms with Gasteiger partial charge in [-0.3, -0.25) is 9.59 Å². The summed E-state index contributed by atoms with van der Waals surface area (Å²) in [6.07, 6.45) is 1.02. The highest BCUT2D eigenvalue weighted by molar-refractivity contribution is 5.80. The average molecular weight is 206 g/mol. The molecule has 0 aliphatic heterocycles. The van der Waals surface area contributed by atoms with Gasteiger partial charge in [0.15, 0.2) is 0 Å². The molecule has 0 atom stereocenters. The van der Waals surface area contributed by atoms with Gasteiger partial charge >= 0.3 is 5.97 Å². The zero-order chi connectivity index (χ0) is 11.4. The highest BCUT2D eigenvalue weighted by Gasteiger charge is 2.09. The number of benzene rings is 1. The molecule has 1 rings (SSSR count). The first-order valence-electron chi connectivity index (χ1n) is 4.70. The minimum Gasteiger partial charge on any atom is -0.469 e. The number of aldehydes is 1. The number of hydrogen-bond donors (Lipinski definition) is 0. The van der Waals surface area contributed by atoms with E-state index < -0.39 is 0 Å². The fourth-order valence-corrected chi connectivity index (χ4v) is 1.50. The van der Waals surface area contributed by atoms with Crippen molar-refractivity contribution >= 4 is 12.3 Å². The van der Waals surface area contributed by atoms with Gasteiger partial charge in [0.25, 0.3) is 0 Å². The second-order valence-corrected chi connectivity index (χ2v) is 3.51. The van der Waals surface area contributed by atoms with Crippen molar-refractivity contribution in [2.75, 3.05) is 7.11 Å². The predicted octanol–water partition coefficient (Wildman–Crippen LogP) is 1.83. The van der Waals surface area contributed by atoms with Gasteiger partial charge in [-0.2, -0.15) is 0 Å². The Kier molecular flexibility index (Phi) is 3.61. The Morgan fingerprint density at radius 1 is 1.40 bits per heavy atom. The van der Waals surface area contributed by atoms with E-state index >= 15 is 0 Å². The van der Waals surface area contributed by atoms with E-state index in [2.05, 4.69) is 4.74 Å². The fourth-order valence-electron chi connectivity index (χ4n) is 1.50. The van der Waals surface area contributed by atoms with E-state index in [0.29, 0.717) is 5.56 Å². The molecule has 0 amide bonds. The summed E-state index contributed by atoms with van der Waals surface area (Å²) in [7, 11) is 1.36. The largest absolute Gasteiger partial charge is 0.469 e. The van der Waals surface area contributed by atoms with Gasteiger partial charge in [0.2, 0.25) is 0 Å². The van der Waals surface area contributed by atoms with E-state index in [4.69, 9.17) is 0 Å². The SMILES string of the molecule is COC(=O)Cc1cc(C)cc(C=O)c1C. The Hall–Kier alpha value is -1.64. The quantitative estimate of drug-likeness (QED) is 0.559. The first-order valence-corrected chi connectivity index (χ1v) is 4.70. The number of carbonyl (C=O) groups excluding carboxylic acids is 2. The van der Waals surface area contributed by atoms with Gasteiger partial charge in [0.1, 0.15) is 6.29 Å². The first kappa shape index (κ1) is 11.4. The van der Waals surface area contributed by atoms with Crippen LogP contribution in [0.2, 0.25) is 0 Å². The third kappa shape index (κ3) is 2.65. The number of aryl methyl sites for hydroxylation is 1. The summed E-state index contributed by atoms with van der Waals surface area (Å²) >= 11 is 0. The van der Waals surface area contributed by atoms with Crippen molar-refractivity contribution in [2.45, 2.75) is 20.3 Å². The standard InChI is InChI=1S/C12H14O3/c1-8-4-10(6-12(14)15-3)9(2)11(5-8)7-13/h4-5,7H,6H2,1-3H3. The maximum Gasteiger partial charge on any atom is 0.309 e. The summed E-state index contributed by atoms with van der Waals surface area (Å²) in [5.74, 6) is -0.291. The van der Waals surface area contributed by atoms with Crippen molar-refractivity contribution in [1.29, 1.82) is 0 Å². The van der Waals surface area contributed by atoms with Crippen LogP contribution in [-0.4, -0.2) is 19.4 Å². The van der Waals surface area contributed by atoms with Crippen LogP contribution in [-0.2, 0) is 16.0 Å². The van der Waals surface area contributed by atoms with Crippen LogP contribution in [0, 0.1) is 13.8 Å². The molecule has 1 aromatic carbocycles. The topological polar surface area (TPSA) is 43.4 Å². The Labute approximate surface area is 89.1 Å². The van der Waals surface area contributed by atoms with E-state index in [-0.39, 0.29) is 12.4 Å². The highest BCUT2D eigenvalue weighted by atomic mass is 16.5. The van der Waals surface area contributed by atoms with Crippen molar-refractivity contribution in [2.24, 2.45) is 0 Å². The maximum atomic E-state index is 11.1. The Bertz CT molecular complexity index is 394. The van der Waals surface area contributed by atoms with Crippen LogP contribution in [0.15, 0.2) is 12.1 Å². The molecule has 0 unspecified atom stereocenters. The number of hydrogen-bond acceptors (Lipinski definition) is 3. The number of ether oxygens (including phenoxy) is 1. The van der Waals surface area contributed by atoms with E-state index in [1.54, 1.807) is 0 Å². The number of methoxy groups -OCH3 is 1. The molecule has 3 heteroatoms. The van der Waals surface area contributed by atoms with Gasteiger partial charge in [-0.15, -0.1) is 0 Å². The van der Waals surface area contributed by atoms with Crippen molar-refractivity contribution in [3.63, 3.8) is 0 Å². The third-order valence-corrected chi connectivity index (χ3v) is 2.39. The highest BCUT2D eigenvalue weighted by Crippen LogP contribution is 2.16. The molecule has 0 aliphatic carbocycles. The molecule has 0 saturated carbocycles. The lowest BCUT2D eigenvalue weighted by molar-refractivity contribution is -0.139. The van der Waals surface area contributed by atoms with E-state index in [9.17, 15) is 9.59 Å². The minimum absolute atomic E-state index is 0.213. The van der Waals surface area contributed by atoms with Gasteiger partial charge in [0, 0.05) is 5.56 Å². The van der Waals surface area contributed by atoms with Crippen LogP contribution in [0.25, 0.3) is 0 Å². The Morgan fingerprint density at radius 2 is 2.07 bits per heavy atom. The van der Waals surface area contributed by atoms with E-state index in [1.165, 1.54) is 7.11 Å². The maximum absolute atomic E-state index is 11.1. The van der Waals surface area contributed by atoms with Crippen LogP contribution in [0.1, 0.15) is 27.0 Å². The normalized spacial score (nSPS) is 9.80. The van der Waals surface area contributed by atoms with Crippen LogP contribution < -0.4 is 0 Å². The molecule has 0 bridgehead atoms. The molecule has 0 radical (unpaired) electrons. The molecule has 0 aromatic heterocycles. The van der Waals surface area contributed by atoms with Gasteiger partial charge in [0.05, 0.1) is 13.5 Å². The Balaban J connectivity index is 3.11. The molecule has 1 aromatic rings. The molecule has 0 heterocycles.